The van der Waals surface area contributed by atoms with Crippen molar-refractivity contribution < 1.29 is 9.63 Å². The Morgan fingerprint density at radius 3 is 2.46 bits per heavy atom. The van der Waals surface area contributed by atoms with Crippen LogP contribution in [0.25, 0.3) is 0 Å². The molecule has 3 nitrogen and oxygen atoms in total. The van der Waals surface area contributed by atoms with Gasteiger partial charge in [-0.25, -0.2) is 5.48 Å². The Morgan fingerprint density at radius 1 is 1.46 bits per heavy atom. The van der Waals surface area contributed by atoms with Gasteiger partial charge in [-0.15, -0.1) is 0 Å². The molecule has 0 heterocycles. The third-order valence-electron chi connectivity index (χ3n) is 1.72. The number of hydrogen-bond donors (Lipinski definition) is 1. The van der Waals surface area contributed by atoms with Crippen molar-refractivity contribution in [2.75, 3.05) is 6.54 Å². The molecule has 0 aromatic rings. The van der Waals surface area contributed by atoms with E-state index in [1.165, 1.54) is 0 Å². The van der Waals surface area contributed by atoms with Crippen molar-refractivity contribution in [2.45, 2.75) is 46.6 Å². The molecule has 78 valence electrons. The van der Waals surface area contributed by atoms with Crippen LogP contribution < -0.4 is 5.48 Å². The van der Waals surface area contributed by atoms with Gasteiger partial charge in [0, 0.05) is 6.54 Å². The fourth-order valence-corrected chi connectivity index (χ4v) is 0.923. The molecule has 0 aliphatic heterocycles. The number of hydrogen-bond acceptors (Lipinski definition) is 3. The second-order valence-electron chi connectivity index (χ2n) is 3.75. The first-order valence-electron chi connectivity index (χ1n) is 4.96. The summed E-state index contributed by atoms with van der Waals surface area (Å²) in [6.07, 6.45) is 1.48. The molecule has 0 rings (SSSR count). The summed E-state index contributed by atoms with van der Waals surface area (Å²) in [5.74, 6) is 0.632. The summed E-state index contributed by atoms with van der Waals surface area (Å²) >= 11 is 0. The van der Waals surface area contributed by atoms with Crippen LogP contribution in [0.3, 0.4) is 0 Å². The van der Waals surface area contributed by atoms with Crippen LogP contribution in [-0.4, -0.2) is 18.4 Å². The molecule has 0 aromatic carbocycles. The molecule has 3 heteroatoms. The van der Waals surface area contributed by atoms with Gasteiger partial charge < -0.3 is 0 Å². The lowest BCUT2D eigenvalue weighted by Gasteiger charge is -2.15. The lowest BCUT2D eigenvalue weighted by Crippen LogP contribution is -2.31. The molecule has 0 aliphatic carbocycles. The highest BCUT2D eigenvalue weighted by Gasteiger charge is 2.13. The monoisotopic (exact) mass is 187 g/mol. The van der Waals surface area contributed by atoms with Crippen LogP contribution in [0.15, 0.2) is 0 Å². The van der Waals surface area contributed by atoms with Gasteiger partial charge in [-0.05, 0) is 19.3 Å². The van der Waals surface area contributed by atoms with E-state index < -0.39 is 0 Å². The maximum atomic E-state index is 11.0. The van der Waals surface area contributed by atoms with Crippen molar-refractivity contribution in [1.82, 2.24) is 5.48 Å². The SMILES string of the molecule is CCCC(ONCC(C)C)C(C)=O. The number of ketones is 1. The molecule has 1 unspecified atom stereocenters. The van der Waals surface area contributed by atoms with E-state index in [2.05, 4.69) is 19.3 Å². The van der Waals surface area contributed by atoms with Crippen LogP contribution >= 0.6 is 0 Å². The van der Waals surface area contributed by atoms with Crippen LogP contribution in [0, 0.1) is 5.92 Å². The molecule has 0 radical (unpaired) electrons. The Kier molecular flexibility index (Phi) is 6.82. The Balaban J connectivity index is 3.63. The Bertz CT molecular complexity index is 146. The number of carbonyl (C=O) groups is 1. The second kappa shape index (κ2) is 7.04. The van der Waals surface area contributed by atoms with Crippen LogP contribution in [0.5, 0.6) is 0 Å². The van der Waals surface area contributed by atoms with Crippen molar-refractivity contribution in [1.29, 1.82) is 0 Å². The van der Waals surface area contributed by atoms with Crippen LogP contribution in [0.4, 0.5) is 0 Å². The Labute approximate surface area is 80.8 Å². The third kappa shape index (κ3) is 6.72. The van der Waals surface area contributed by atoms with E-state index in [0.29, 0.717) is 5.92 Å². The van der Waals surface area contributed by atoms with Gasteiger partial charge in [0.25, 0.3) is 0 Å². The molecule has 0 fully saturated rings. The van der Waals surface area contributed by atoms with Gasteiger partial charge in [0.15, 0.2) is 5.78 Å². The van der Waals surface area contributed by atoms with Gasteiger partial charge in [0.1, 0.15) is 6.10 Å². The molecule has 1 atom stereocenters. The number of rotatable bonds is 7. The van der Waals surface area contributed by atoms with Crippen molar-refractivity contribution in [2.24, 2.45) is 5.92 Å². The molecule has 0 aliphatic rings. The van der Waals surface area contributed by atoms with Gasteiger partial charge in [-0.1, -0.05) is 27.2 Å². The van der Waals surface area contributed by atoms with E-state index >= 15 is 0 Å². The maximum Gasteiger partial charge on any atom is 0.160 e. The Hall–Kier alpha value is -0.410. The van der Waals surface area contributed by atoms with E-state index in [1.54, 1.807) is 6.92 Å². The molecular weight excluding hydrogens is 166 g/mol. The largest absolute Gasteiger partial charge is 0.297 e. The molecular formula is C10H21NO2. The fraction of sp³-hybridized carbons (Fsp3) is 0.900. The highest BCUT2D eigenvalue weighted by molar-refractivity contribution is 5.80. The van der Waals surface area contributed by atoms with Gasteiger partial charge in [0.05, 0.1) is 0 Å². The Morgan fingerprint density at radius 2 is 2.08 bits per heavy atom. The zero-order chi connectivity index (χ0) is 10.3. The van der Waals surface area contributed by atoms with E-state index in [9.17, 15) is 4.79 Å². The van der Waals surface area contributed by atoms with Crippen LogP contribution in [0.2, 0.25) is 0 Å². The summed E-state index contributed by atoms with van der Waals surface area (Å²) in [6.45, 7) is 8.59. The van der Waals surface area contributed by atoms with Crippen molar-refractivity contribution in [3.63, 3.8) is 0 Å². The van der Waals surface area contributed by atoms with E-state index in [4.69, 9.17) is 4.84 Å². The maximum absolute atomic E-state index is 11.0. The minimum atomic E-state index is -0.274. The molecule has 0 saturated heterocycles. The molecule has 13 heavy (non-hydrogen) atoms. The van der Waals surface area contributed by atoms with Crippen LogP contribution in [0.1, 0.15) is 40.5 Å². The average molecular weight is 187 g/mol. The van der Waals surface area contributed by atoms with Crippen molar-refractivity contribution >= 4 is 5.78 Å². The predicted octanol–water partition coefficient (Wildman–Crippen LogP) is 1.92. The minimum Gasteiger partial charge on any atom is -0.297 e. The van der Waals surface area contributed by atoms with E-state index in [0.717, 1.165) is 19.4 Å². The average Bonchev–Trinajstić information content (AvgIpc) is 2.02. The van der Waals surface area contributed by atoms with E-state index in [1.807, 2.05) is 6.92 Å². The summed E-state index contributed by atoms with van der Waals surface area (Å²) in [7, 11) is 0. The second-order valence-corrected chi connectivity index (χ2v) is 3.75. The highest BCUT2D eigenvalue weighted by atomic mass is 16.7. The van der Waals surface area contributed by atoms with Crippen LogP contribution in [-0.2, 0) is 9.63 Å². The van der Waals surface area contributed by atoms with Crippen molar-refractivity contribution in [3.8, 4) is 0 Å². The first-order valence-corrected chi connectivity index (χ1v) is 4.96. The van der Waals surface area contributed by atoms with Gasteiger partial charge >= 0.3 is 0 Å². The molecule has 0 amide bonds. The minimum absolute atomic E-state index is 0.0955. The summed E-state index contributed by atoms with van der Waals surface area (Å²) in [4.78, 5) is 16.3. The molecule has 0 saturated carbocycles. The third-order valence-corrected chi connectivity index (χ3v) is 1.72. The standard InChI is InChI=1S/C10H21NO2/c1-5-6-10(9(4)12)13-11-7-8(2)3/h8,10-11H,5-7H2,1-4H3. The number of nitrogens with one attached hydrogen (secondary N) is 1. The van der Waals surface area contributed by atoms with E-state index in [-0.39, 0.29) is 11.9 Å². The number of hydroxylamine groups is 1. The normalized spacial score (nSPS) is 13.3. The molecule has 0 bridgehead atoms. The zero-order valence-electron chi connectivity index (χ0n) is 9.09. The predicted molar refractivity (Wildman–Crippen MR) is 53.3 cm³/mol. The van der Waals surface area contributed by atoms with Gasteiger partial charge in [-0.2, -0.15) is 0 Å². The van der Waals surface area contributed by atoms with Gasteiger partial charge in [0.2, 0.25) is 0 Å². The number of carbonyl (C=O) groups excluding carboxylic acids is 1. The quantitative estimate of drug-likeness (QED) is 0.619. The summed E-state index contributed by atoms with van der Waals surface area (Å²) < 4.78 is 0. The lowest BCUT2D eigenvalue weighted by molar-refractivity contribution is -0.134. The zero-order valence-corrected chi connectivity index (χ0v) is 9.09. The molecule has 1 N–H and O–H groups in total. The first kappa shape index (κ1) is 12.6. The fourth-order valence-electron chi connectivity index (χ4n) is 0.923. The van der Waals surface area contributed by atoms with Gasteiger partial charge in [-0.3, -0.25) is 9.63 Å². The summed E-state index contributed by atoms with van der Waals surface area (Å²) in [5.41, 5.74) is 2.83. The molecule has 0 aromatic heterocycles. The summed E-state index contributed by atoms with van der Waals surface area (Å²) in [6, 6.07) is 0. The van der Waals surface area contributed by atoms with Crippen molar-refractivity contribution in [3.05, 3.63) is 0 Å². The highest BCUT2D eigenvalue weighted by Crippen LogP contribution is 2.01. The number of Topliss-reactive ketones (excluding diaryl/α,β-unsaturated/α-hetero) is 1. The topological polar surface area (TPSA) is 38.3 Å². The summed E-state index contributed by atoms with van der Waals surface area (Å²) in [5, 5.41) is 0. The first-order chi connectivity index (χ1) is 6.07. The smallest absolute Gasteiger partial charge is 0.160 e. The molecule has 0 spiro atoms. The lowest BCUT2D eigenvalue weighted by atomic mass is 10.1.